The van der Waals surface area contributed by atoms with E-state index in [-0.39, 0.29) is 0 Å². The zero-order valence-electron chi connectivity index (χ0n) is 27.6. The molecule has 0 heterocycles. The fourth-order valence-corrected chi connectivity index (χ4v) is 7.32. The molecule has 0 fully saturated rings. The maximum absolute atomic E-state index is 2.41. The molecule has 0 aliphatic heterocycles. The lowest BCUT2D eigenvalue weighted by molar-refractivity contribution is 1.57. The number of hydrogen-bond donors (Lipinski definition) is 0. The van der Waals surface area contributed by atoms with Crippen LogP contribution in [0.25, 0.3) is 88.3 Å². The third-order valence-corrected chi connectivity index (χ3v) is 9.85. The van der Waals surface area contributed by atoms with Crippen LogP contribution in [0, 0.1) is 0 Å². The third-order valence-electron chi connectivity index (χ3n) is 9.85. The van der Waals surface area contributed by atoms with Crippen LogP contribution in [0.3, 0.4) is 0 Å². The molecule has 0 aliphatic carbocycles. The lowest BCUT2D eigenvalue weighted by atomic mass is 9.82. The summed E-state index contributed by atoms with van der Waals surface area (Å²) in [5.41, 5.74) is 14.7. The zero-order valence-corrected chi connectivity index (χ0v) is 27.6. The van der Waals surface area contributed by atoms with Gasteiger partial charge in [0, 0.05) is 0 Å². The van der Waals surface area contributed by atoms with Crippen molar-refractivity contribution < 1.29 is 0 Å². The van der Waals surface area contributed by atoms with Crippen LogP contribution in [0.2, 0.25) is 0 Å². The van der Waals surface area contributed by atoms with Crippen molar-refractivity contribution in [3.05, 3.63) is 206 Å². The maximum atomic E-state index is 2.41. The number of benzene rings is 9. The van der Waals surface area contributed by atoms with Gasteiger partial charge in [0.2, 0.25) is 0 Å². The molecule has 50 heavy (non-hydrogen) atoms. The Labute approximate surface area is 293 Å². The van der Waals surface area contributed by atoms with Crippen molar-refractivity contribution in [2.75, 3.05) is 0 Å². The summed E-state index contributed by atoms with van der Waals surface area (Å²) in [4.78, 5) is 0. The molecule has 9 aromatic carbocycles. The van der Waals surface area contributed by atoms with Gasteiger partial charge in [-0.1, -0.05) is 182 Å². The first-order valence-corrected chi connectivity index (χ1v) is 17.3. The van der Waals surface area contributed by atoms with Crippen LogP contribution in [0.4, 0.5) is 0 Å². The first-order chi connectivity index (χ1) is 24.8. The van der Waals surface area contributed by atoms with Crippen molar-refractivity contribution in [2.24, 2.45) is 0 Å². The largest absolute Gasteiger partial charge is 0.0622 e. The summed E-state index contributed by atoms with van der Waals surface area (Å²) in [5, 5.41) is 4.95. The molecule has 0 radical (unpaired) electrons. The van der Waals surface area contributed by atoms with Gasteiger partial charge in [0.15, 0.2) is 0 Å². The van der Waals surface area contributed by atoms with Crippen LogP contribution >= 0.6 is 0 Å². The molecule has 0 atom stereocenters. The van der Waals surface area contributed by atoms with E-state index in [1.807, 2.05) is 0 Å². The summed E-state index contributed by atoms with van der Waals surface area (Å²) < 4.78 is 0. The monoisotopic (exact) mass is 634 g/mol. The van der Waals surface area contributed by atoms with Crippen molar-refractivity contribution in [1.29, 1.82) is 0 Å². The average molecular weight is 635 g/mol. The maximum Gasteiger partial charge on any atom is -0.00203 e. The Kier molecular flexibility index (Phi) is 7.61. The Morgan fingerprint density at radius 1 is 0.200 bits per heavy atom. The molecule has 0 amide bonds. The van der Waals surface area contributed by atoms with E-state index in [0.717, 1.165) is 0 Å². The van der Waals surface area contributed by atoms with Crippen molar-refractivity contribution >= 4 is 21.5 Å². The first-order valence-electron chi connectivity index (χ1n) is 17.3. The standard InChI is InChI=1S/C50H34/c1-5-13-35(14-6-1)38-21-25-40(26-22-38)47-34-46-32-45-31-43(37-17-9-3-10-18-37)29-30-44(45)33-48(46)50(49(47)41-19-11-4-12-20-41)42-27-23-39(24-28-42)36-15-7-2-8-16-36/h1-34H. The Bertz CT molecular complexity index is 2570. The van der Waals surface area contributed by atoms with E-state index < -0.39 is 0 Å². The normalized spacial score (nSPS) is 11.2. The quantitative estimate of drug-likeness (QED) is 0.160. The fourth-order valence-electron chi connectivity index (χ4n) is 7.32. The van der Waals surface area contributed by atoms with Gasteiger partial charge in [0.25, 0.3) is 0 Å². The molecule has 0 aliphatic rings. The van der Waals surface area contributed by atoms with Crippen LogP contribution in [0.5, 0.6) is 0 Å². The molecule has 0 aromatic heterocycles. The summed E-state index contributed by atoms with van der Waals surface area (Å²) >= 11 is 0. The first kappa shape index (κ1) is 29.6. The third kappa shape index (κ3) is 5.57. The van der Waals surface area contributed by atoms with Crippen molar-refractivity contribution in [3.63, 3.8) is 0 Å². The minimum absolute atomic E-state index is 1.20. The molecule has 234 valence electrons. The van der Waals surface area contributed by atoms with Gasteiger partial charge in [-0.15, -0.1) is 0 Å². The fraction of sp³-hybridized carbons (Fsp3) is 0. The van der Waals surface area contributed by atoms with Crippen molar-refractivity contribution in [2.45, 2.75) is 0 Å². The van der Waals surface area contributed by atoms with Gasteiger partial charge in [0.1, 0.15) is 0 Å². The number of hydrogen-bond acceptors (Lipinski definition) is 0. The highest BCUT2D eigenvalue weighted by molar-refractivity contribution is 6.14. The smallest absolute Gasteiger partial charge is 0.00203 e. The Morgan fingerprint density at radius 3 is 1.14 bits per heavy atom. The molecule has 0 saturated carbocycles. The molecule has 0 nitrogen and oxygen atoms in total. The topological polar surface area (TPSA) is 0 Å². The summed E-state index contributed by atoms with van der Waals surface area (Å²) in [6.07, 6.45) is 0. The summed E-state index contributed by atoms with van der Waals surface area (Å²) in [7, 11) is 0. The Balaban J connectivity index is 1.31. The molecule has 0 saturated heterocycles. The summed E-state index contributed by atoms with van der Waals surface area (Å²) in [6, 6.07) is 75.0. The Hall–Kier alpha value is -6.50. The molecule has 9 rings (SSSR count). The van der Waals surface area contributed by atoms with Gasteiger partial charge < -0.3 is 0 Å². The number of rotatable bonds is 6. The second-order valence-electron chi connectivity index (χ2n) is 12.9. The molecule has 0 bridgehead atoms. The molecule has 0 unspecified atom stereocenters. The van der Waals surface area contributed by atoms with E-state index in [2.05, 4.69) is 206 Å². The van der Waals surface area contributed by atoms with Gasteiger partial charge in [-0.05, 0) is 113 Å². The van der Waals surface area contributed by atoms with E-state index in [9.17, 15) is 0 Å². The van der Waals surface area contributed by atoms with E-state index in [4.69, 9.17) is 0 Å². The van der Waals surface area contributed by atoms with Crippen molar-refractivity contribution in [3.8, 4) is 66.8 Å². The van der Waals surface area contributed by atoms with Gasteiger partial charge in [-0.25, -0.2) is 0 Å². The zero-order chi connectivity index (χ0) is 33.3. The highest BCUT2D eigenvalue weighted by atomic mass is 14.2. The van der Waals surface area contributed by atoms with E-state index >= 15 is 0 Å². The molecule has 0 heteroatoms. The number of fused-ring (bicyclic) bond motifs is 2. The minimum atomic E-state index is 1.20. The SMILES string of the molecule is c1ccc(-c2ccc(-c3cc4cc5cc(-c6ccccc6)ccc5cc4c(-c4ccc(-c5ccccc5)cc4)c3-c3ccccc3)cc2)cc1. The molecular weight excluding hydrogens is 601 g/mol. The van der Waals surface area contributed by atoms with Gasteiger partial charge in [-0.3, -0.25) is 0 Å². The van der Waals surface area contributed by atoms with Crippen LogP contribution in [-0.2, 0) is 0 Å². The molecule has 9 aromatic rings. The van der Waals surface area contributed by atoms with Crippen LogP contribution in [0.15, 0.2) is 206 Å². The minimum Gasteiger partial charge on any atom is -0.0622 e. The molecule has 0 N–H and O–H groups in total. The van der Waals surface area contributed by atoms with Gasteiger partial charge in [-0.2, -0.15) is 0 Å². The van der Waals surface area contributed by atoms with Crippen LogP contribution in [-0.4, -0.2) is 0 Å². The second-order valence-corrected chi connectivity index (χ2v) is 12.9. The lowest BCUT2D eigenvalue weighted by Gasteiger charge is -2.21. The highest BCUT2D eigenvalue weighted by Crippen LogP contribution is 2.46. The molecule has 0 spiro atoms. The highest BCUT2D eigenvalue weighted by Gasteiger charge is 2.19. The predicted octanol–water partition coefficient (Wildman–Crippen LogP) is 14.0. The molecular formula is C50H34. The van der Waals surface area contributed by atoms with Gasteiger partial charge in [0.05, 0.1) is 0 Å². The average Bonchev–Trinajstić information content (AvgIpc) is 3.20. The Morgan fingerprint density at radius 2 is 0.600 bits per heavy atom. The summed E-state index contributed by atoms with van der Waals surface area (Å²) in [5.74, 6) is 0. The summed E-state index contributed by atoms with van der Waals surface area (Å²) in [6.45, 7) is 0. The van der Waals surface area contributed by atoms with E-state index in [0.29, 0.717) is 0 Å². The van der Waals surface area contributed by atoms with E-state index in [1.165, 1.54) is 88.3 Å². The van der Waals surface area contributed by atoms with Crippen LogP contribution < -0.4 is 0 Å². The van der Waals surface area contributed by atoms with Crippen LogP contribution in [0.1, 0.15) is 0 Å². The van der Waals surface area contributed by atoms with Gasteiger partial charge >= 0.3 is 0 Å². The van der Waals surface area contributed by atoms with E-state index in [1.54, 1.807) is 0 Å². The predicted molar refractivity (Wildman–Crippen MR) is 214 cm³/mol. The van der Waals surface area contributed by atoms with Crippen molar-refractivity contribution in [1.82, 2.24) is 0 Å². The lowest BCUT2D eigenvalue weighted by Crippen LogP contribution is -1.94. The second kappa shape index (κ2) is 12.8.